The van der Waals surface area contributed by atoms with Gasteiger partial charge in [-0.05, 0) is 222 Å². The first-order chi connectivity index (χ1) is 37.2. The van der Waals surface area contributed by atoms with E-state index in [1.807, 2.05) is 88.4 Å². The monoisotopic (exact) mass is 1080 g/mol. The molecule has 0 unspecified atom stereocenters. The second-order valence-electron chi connectivity index (χ2n) is 21.0. The zero-order chi connectivity index (χ0) is 55.5. The van der Waals surface area contributed by atoms with E-state index in [1.54, 1.807) is 28.4 Å². The fourth-order valence-corrected chi connectivity index (χ4v) is 16.9. The number of hydrogen-bond donors (Lipinski definition) is 0. The van der Waals surface area contributed by atoms with Crippen LogP contribution in [-0.2, 0) is 0 Å². The van der Waals surface area contributed by atoms with Gasteiger partial charge in [0.15, 0.2) is 23.0 Å². The molecule has 12 heteroatoms. The van der Waals surface area contributed by atoms with E-state index in [1.165, 1.54) is 0 Å². The van der Waals surface area contributed by atoms with Gasteiger partial charge in [-0.1, -0.05) is 36.4 Å². The predicted molar refractivity (Wildman–Crippen MR) is 317 cm³/mol. The summed E-state index contributed by atoms with van der Waals surface area (Å²) < 4.78 is 66.9. The lowest BCUT2D eigenvalue weighted by Gasteiger charge is -2.30. The molecule has 2 heterocycles. The lowest BCUT2D eigenvalue weighted by molar-refractivity contribution is -0.0448. The van der Waals surface area contributed by atoms with E-state index < -0.39 is 27.4 Å². The van der Waals surface area contributed by atoms with Crippen molar-refractivity contribution in [3.05, 3.63) is 166 Å². The van der Waals surface area contributed by atoms with Gasteiger partial charge in [0.2, 0.25) is 23.1 Å². The third-order valence-electron chi connectivity index (χ3n) is 14.1. The van der Waals surface area contributed by atoms with E-state index in [0.717, 1.165) is 110 Å². The molecule has 0 N–H and O–H groups in total. The molecule has 10 nitrogen and oxygen atoms in total. The molecule has 0 fully saturated rings. The molecule has 0 amide bonds. The summed E-state index contributed by atoms with van der Waals surface area (Å²) in [5.74, 6) is 5.28. The van der Waals surface area contributed by atoms with Gasteiger partial charge < -0.3 is 47.4 Å². The van der Waals surface area contributed by atoms with Crippen LogP contribution < -0.4 is 79.2 Å². The van der Waals surface area contributed by atoms with Gasteiger partial charge in [0.1, 0.15) is 34.5 Å². The number of para-hydroxylation sites is 2. The number of ether oxygens (including phenoxy) is 10. The van der Waals surface area contributed by atoms with E-state index >= 15 is 0 Å². The highest BCUT2D eigenvalue weighted by molar-refractivity contribution is 7.81. The minimum atomic E-state index is -1.55. The smallest absolute Gasteiger partial charge is 0.246 e. The molecule has 0 saturated carbocycles. The van der Waals surface area contributed by atoms with Crippen LogP contribution in [0.3, 0.4) is 0 Å². The van der Waals surface area contributed by atoms with Crippen molar-refractivity contribution >= 4 is 47.7 Å². The molecular formula is C66H68O10P2. The molecule has 0 aliphatic carbocycles. The third-order valence-corrected chi connectivity index (χ3v) is 18.8. The minimum absolute atomic E-state index is 0.459. The second-order valence-corrected chi connectivity index (χ2v) is 25.4. The highest BCUT2D eigenvalue weighted by Crippen LogP contribution is 2.61. The summed E-state index contributed by atoms with van der Waals surface area (Å²) >= 11 is 0. The van der Waals surface area contributed by atoms with Crippen LogP contribution in [-0.4, -0.2) is 40.0 Å². The number of rotatable bonds is 15. The van der Waals surface area contributed by atoms with Crippen molar-refractivity contribution in [2.75, 3.05) is 28.4 Å². The molecule has 8 aromatic carbocycles. The van der Waals surface area contributed by atoms with E-state index in [2.05, 4.69) is 116 Å². The standard InChI is InChI=1S/C66H68O10P2/c1-37-27-47(28-38(2)57(37)67-13)77(48-29-39(3)58(68-14)40(4)30-48)53-35-51(71-45-23-19-17-20-24-45)61-63(75-65(9,10)73-61)55(53)56-54(36-52(72-46-25-21-18-22-26-46)62-64(56)76-66(11,12)74-62)78(49-31-41(5)59(69-15)42(6)32-49)50-33-43(7)60(70-16)44(8)34-50/h17-36H,1-16H3. The van der Waals surface area contributed by atoms with Crippen LogP contribution in [0.15, 0.2) is 121 Å². The van der Waals surface area contributed by atoms with Crippen molar-refractivity contribution in [1.82, 2.24) is 0 Å². The zero-order valence-corrected chi connectivity index (χ0v) is 49.3. The summed E-state index contributed by atoms with van der Waals surface area (Å²) in [5, 5.41) is 6.19. The lowest BCUT2D eigenvalue weighted by atomic mass is 10.0. The predicted octanol–water partition coefficient (Wildman–Crippen LogP) is 14.0. The molecule has 0 radical (unpaired) electrons. The Balaban J connectivity index is 1.44. The quantitative estimate of drug-likeness (QED) is 0.0924. The maximum atomic E-state index is 7.32. The number of aryl methyl sites for hydroxylation is 8. The molecular weight excluding hydrogens is 1010 g/mol. The summed E-state index contributed by atoms with van der Waals surface area (Å²) in [6, 6.07) is 42.0. The first-order valence-electron chi connectivity index (χ1n) is 26.1. The highest BCUT2D eigenvalue weighted by atomic mass is 31.1. The average molecular weight is 1080 g/mol. The van der Waals surface area contributed by atoms with Gasteiger partial charge in [-0.15, -0.1) is 0 Å². The summed E-state index contributed by atoms with van der Waals surface area (Å²) in [7, 11) is 3.81. The van der Waals surface area contributed by atoms with Gasteiger partial charge in [-0.3, -0.25) is 0 Å². The van der Waals surface area contributed by atoms with Crippen LogP contribution >= 0.6 is 15.8 Å². The molecule has 2 aliphatic heterocycles. The van der Waals surface area contributed by atoms with Gasteiger partial charge in [-0.2, -0.15) is 0 Å². The van der Waals surface area contributed by atoms with Crippen LogP contribution in [0, 0.1) is 55.4 Å². The number of fused-ring (bicyclic) bond motifs is 2. The normalized spacial score (nSPS) is 13.7. The first kappa shape index (κ1) is 54.0. The van der Waals surface area contributed by atoms with Crippen molar-refractivity contribution in [2.24, 2.45) is 0 Å². The van der Waals surface area contributed by atoms with Crippen molar-refractivity contribution in [2.45, 2.75) is 94.7 Å². The van der Waals surface area contributed by atoms with Gasteiger partial charge in [0.25, 0.3) is 0 Å². The SMILES string of the molecule is COc1c(C)cc(P(c2cc(C)c(OC)c(C)c2)c2cc(Oc3ccccc3)c3c(c2-c2c(P(c4cc(C)c(OC)c(C)c4)c4cc(C)c(OC)c(C)c4)cc(Oc4ccccc4)c4c2OC(C)(C)O4)OC(C)(C)O3)cc1C. The first-order valence-corrected chi connectivity index (χ1v) is 28.8. The maximum absolute atomic E-state index is 7.32. The van der Waals surface area contributed by atoms with Crippen molar-refractivity contribution in [3.63, 3.8) is 0 Å². The number of methoxy groups -OCH3 is 4. The summed E-state index contributed by atoms with van der Waals surface area (Å²) in [6.07, 6.45) is 0. The molecule has 10 rings (SSSR count). The van der Waals surface area contributed by atoms with Gasteiger partial charge in [0, 0.05) is 49.4 Å². The topological polar surface area (TPSA) is 92.3 Å². The molecule has 0 bridgehead atoms. The van der Waals surface area contributed by atoms with Crippen molar-refractivity contribution < 1.29 is 47.4 Å². The third kappa shape index (κ3) is 10.1. The Hall–Kier alpha value is -7.38. The fraction of sp³-hybridized carbons (Fsp3) is 0.273. The van der Waals surface area contributed by atoms with E-state index in [9.17, 15) is 0 Å². The number of hydrogen-bond acceptors (Lipinski definition) is 10. The Labute approximate surface area is 462 Å². The van der Waals surface area contributed by atoms with Gasteiger partial charge in [-0.25, -0.2) is 0 Å². The van der Waals surface area contributed by atoms with Crippen LogP contribution in [0.2, 0.25) is 0 Å². The molecule has 402 valence electrons. The molecule has 0 aromatic heterocycles. The second kappa shape index (κ2) is 21.1. The summed E-state index contributed by atoms with van der Waals surface area (Å²) in [6.45, 7) is 24.6. The van der Waals surface area contributed by atoms with Crippen molar-refractivity contribution in [1.29, 1.82) is 0 Å². The highest BCUT2D eigenvalue weighted by Gasteiger charge is 2.46. The Kier molecular flexibility index (Phi) is 14.6. The van der Waals surface area contributed by atoms with E-state index in [-0.39, 0.29) is 0 Å². The van der Waals surface area contributed by atoms with Gasteiger partial charge >= 0.3 is 0 Å². The van der Waals surface area contributed by atoms with Crippen LogP contribution in [0.4, 0.5) is 0 Å². The van der Waals surface area contributed by atoms with Gasteiger partial charge in [0.05, 0.1) is 28.4 Å². The lowest BCUT2D eigenvalue weighted by Crippen LogP contribution is -2.31. The largest absolute Gasteiger partial charge is 0.496 e. The Morgan fingerprint density at radius 3 is 0.821 bits per heavy atom. The Bertz CT molecular complexity index is 3180. The average Bonchev–Trinajstić information content (AvgIpc) is 4.05. The van der Waals surface area contributed by atoms with Crippen LogP contribution in [0.5, 0.6) is 69.0 Å². The maximum Gasteiger partial charge on any atom is 0.246 e. The molecule has 78 heavy (non-hydrogen) atoms. The fourth-order valence-electron chi connectivity index (χ4n) is 11.2. The zero-order valence-electron chi connectivity index (χ0n) is 47.5. The summed E-state index contributed by atoms with van der Waals surface area (Å²) in [5.41, 5.74) is 9.60. The number of benzene rings is 8. The van der Waals surface area contributed by atoms with Crippen LogP contribution in [0.1, 0.15) is 72.2 Å². The molecule has 2 aliphatic rings. The molecule has 8 aromatic rings. The van der Waals surface area contributed by atoms with Crippen molar-refractivity contribution in [3.8, 4) is 80.1 Å². The Morgan fingerprint density at radius 2 is 0.577 bits per heavy atom. The molecule has 0 atom stereocenters. The van der Waals surface area contributed by atoms with E-state index in [4.69, 9.17) is 47.4 Å². The molecule has 0 saturated heterocycles. The van der Waals surface area contributed by atoms with E-state index in [0.29, 0.717) is 46.0 Å². The molecule has 0 spiro atoms. The Morgan fingerprint density at radius 1 is 0.333 bits per heavy atom. The minimum Gasteiger partial charge on any atom is -0.496 e. The summed E-state index contributed by atoms with van der Waals surface area (Å²) in [4.78, 5) is 0. The van der Waals surface area contributed by atoms with Crippen LogP contribution in [0.25, 0.3) is 11.1 Å².